The van der Waals surface area contributed by atoms with Crippen LogP contribution in [-0.4, -0.2) is 28.5 Å². The number of hydrogen-bond donors (Lipinski definition) is 2. The van der Waals surface area contributed by atoms with Gasteiger partial charge in [-0.1, -0.05) is 13.3 Å². The Labute approximate surface area is 73.2 Å². The molecular formula is C7H11F3O3. The van der Waals surface area contributed by atoms with Gasteiger partial charge in [0.1, 0.15) is 0 Å². The third-order valence-corrected chi connectivity index (χ3v) is 1.63. The van der Waals surface area contributed by atoms with Gasteiger partial charge < -0.3 is 10.2 Å². The first-order chi connectivity index (χ1) is 5.80. The molecule has 0 rings (SSSR count). The second kappa shape index (κ2) is 4.45. The smallest absolute Gasteiger partial charge is 0.415 e. The van der Waals surface area contributed by atoms with Gasteiger partial charge in [-0.05, 0) is 6.42 Å². The van der Waals surface area contributed by atoms with Crippen LogP contribution in [0.3, 0.4) is 0 Å². The van der Waals surface area contributed by atoms with Crippen molar-refractivity contribution in [3.63, 3.8) is 0 Å². The Morgan fingerprint density at radius 2 is 1.92 bits per heavy atom. The lowest BCUT2D eigenvalue weighted by Crippen LogP contribution is -2.39. The van der Waals surface area contributed by atoms with E-state index >= 15 is 0 Å². The lowest BCUT2D eigenvalue weighted by atomic mass is 9.97. The molecule has 0 bridgehead atoms. The van der Waals surface area contributed by atoms with Gasteiger partial charge in [0.25, 0.3) is 0 Å². The number of aliphatic hydroxyl groups is 1. The summed E-state index contributed by atoms with van der Waals surface area (Å²) >= 11 is 0. The molecule has 0 saturated heterocycles. The highest BCUT2D eigenvalue weighted by atomic mass is 19.4. The first kappa shape index (κ1) is 12.2. The van der Waals surface area contributed by atoms with Crippen molar-refractivity contribution in [3.05, 3.63) is 0 Å². The highest BCUT2D eigenvalue weighted by Crippen LogP contribution is 2.28. The maximum Gasteiger partial charge on any atom is 0.415 e. The van der Waals surface area contributed by atoms with Gasteiger partial charge in [-0.2, -0.15) is 13.2 Å². The average molecular weight is 200 g/mol. The predicted molar refractivity (Wildman–Crippen MR) is 38.1 cm³/mol. The van der Waals surface area contributed by atoms with Gasteiger partial charge in [0.15, 0.2) is 6.10 Å². The van der Waals surface area contributed by atoms with E-state index in [1.54, 1.807) is 6.92 Å². The van der Waals surface area contributed by atoms with E-state index in [0.29, 0.717) is 0 Å². The number of halogens is 3. The van der Waals surface area contributed by atoms with E-state index in [-0.39, 0.29) is 12.8 Å². The summed E-state index contributed by atoms with van der Waals surface area (Å²) in [6, 6.07) is 0. The molecule has 2 unspecified atom stereocenters. The summed E-state index contributed by atoms with van der Waals surface area (Å²) in [5.74, 6) is -3.38. The third-order valence-electron chi connectivity index (χ3n) is 1.63. The van der Waals surface area contributed by atoms with Crippen molar-refractivity contribution in [2.45, 2.75) is 32.0 Å². The first-order valence-electron chi connectivity index (χ1n) is 3.78. The largest absolute Gasteiger partial charge is 0.481 e. The fraction of sp³-hybridized carbons (Fsp3) is 0.857. The maximum atomic E-state index is 11.9. The Kier molecular flexibility index (Phi) is 4.19. The van der Waals surface area contributed by atoms with Gasteiger partial charge in [-0.25, -0.2) is 0 Å². The Morgan fingerprint density at radius 3 is 2.15 bits per heavy atom. The SMILES string of the molecule is CCCC(C(=O)O)C(O)C(F)(F)F. The van der Waals surface area contributed by atoms with Crippen LogP contribution in [0.25, 0.3) is 0 Å². The van der Waals surface area contributed by atoms with Gasteiger partial charge in [0, 0.05) is 0 Å². The molecule has 0 aliphatic heterocycles. The Hall–Kier alpha value is -0.780. The molecule has 6 heteroatoms. The van der Waals surface area contributed by atoms with Gasteiger partial charge in [0.05, 0.1) is 5.92 Å². The monoisotopic (exact) mass is 200 g/mol. The molecule has 13 heavy (non-hydrogen) atoms. The summed E-state index contributed by atoms with van der Waals surface area (Å²) in [6.07, 6.45) is -7.54. The fourth-order valence-electron chi connectivity index (χ4n) is 0.956. The van der Waals surface area contributed by atoms with Gasteiger partial charge in [-0.15, -0.1) is 0 Å². The zero-order chi connectivity index (χ0) is 10.6. The second-order valence-electron chi connectivity index (χ2n) is 2.72. The lowest BCUT2D eigenvalue weighted by Gasteiger charge is -2.20. The zero-order valence-corrected chi connectivity index (χ0v) is 7.01. The van der Waals surface area contributed by atoms with E-state index in [1.165, 1.54) is 0 Å². The van der Waals surface area contributed by atoms with Gasteiger partial charge in [-0.3, -0.25) is 4.79 Å². The summed E-state index contributed by atoms with van der Waals surface area (Å²) in [4.78, 5) is 10.3. The normalized spacial score (nSPS) is 16.7. The summed E-state index contributed by atoms with van der Waals surface area (Å²) < 4.78 is 35.6. The molecule has 0 amide bonds. The van der Waals surface area contributed by atoms with E-state index in [2.05, 4.69) is 0 Å². The summed E-state index contributed by atoms with van der Waals surface area (Å²) in [7, 11) is 0. The summed E-state index contributed by atoms with van der Waals surface area (Å²) in [5.41, 5.74) is 0. The third kappa shape index (κ3) is 3.63. The van der Waals surface area contributed by atoms with Crippen LogP contribution in [0.2, 0.25) is 0 Å². The van der Waals surface area contributed by atoms with Crippen LogP contribution < -0.4 is 0 Å². The number of rotatable bonds is 4. The van der Waals surface area contributed by atoms with Crippen LogP contribution in [0.5, 0.6) is 0 Å². The molecule has 0 aromatic rings. The lowest BCUT2D eigenvalue weighted by molar-refractivity contribution is -0.223. The highest BCUT2D eigenvalue weighted by molar-refractivity contribution is 5.70. The maximum absolute atomic E-state index is 11.9. The van der Waals surface area contributed by atoms with Crippen LogP contribution >= 0.6 is 0 Å². The molecular weight excluding hydrogens is 189 g/mol. The van der Waals surface area contributed by atoms with Crippen LogP contribution in [0.15, 0.2) is 0 Å². The number of aliphatic carboxylic acids is 1. The van der Waals surface area contributed by atoms with E-state index in [9.17, 15) is 18.0 Å². The molecule has 0 aliphatic carbocycles. The first-order valence-corrected chi connectivity index (χ1v) is 3.78. The molecule has 3 nitrogen and oxygen atoms in total. The van der Waals surface area contributed by atoms with Crippen LogP contribution in [0.1, 0.15) is 19.8 Å². The van der Waals surface area contributed by atoms with Crippen molar-refractivity contribution in [3.8, 4) is 0 Å². The van der Waals surface area contributed by atoms with Gasteiger partial charge in [0.2, 0.25) is 0 Å². The van der Waals surface area contributed by atoms with Crippen molar-refractivity contribution in [1.82, 2.24) is 0 Å². The Morgan fingerprint density at radius 1 is 1.46 bits per heavy atom. The predicted octanol–water partition coefficient (Wildman–Crippen LogP) is 1.41. The number of aliphatic hydroxyl groups excluding tert-OH is 1. The summed E-state index contributed by atoms with van der Waals surface area (Å²) in [5, 5.41) is 17.0. The molecule has 2 N–H and O–H groups in total. The van der Waals surface area contributed by atoms with E-state index in [1.807, 2.05) is 0 Å². The van der Waals surface area contributed by atoms with Crippen LogP contribution in [0, 0.1) is 5.92 Å². The minimum absolute atomic E-state index is 0.185. The molecule has 0 heterocycles. The minimum Gasteiger partial charge on any atom is -0.481 e. The molecule has 0 aromatic heterocycles. The Balaban J connectivity index is 4.46. The molecule has 0 fully saturated rings. The highest BCUT2D eigenvalue weighted by Gasteiger charge is 2.45. The number of hydrogen-bond acceptors (Lipinski definition) is 2. The van der Waals surface area contributed by atoms with Crippen LogP contribution in [0.4, 0.5) is 13.2 Å². The van der Waals surface area contributed by atoms with E-state index < -0.39 is 24.2 Å². The fourth-order valence-corrected chi connectivity index (χ4v) is 0.956. The standard InChI is InChI=1S/C7H11F3O3/c1-2-3-4(6(12)13)5(11)7(8,9)10/h4-5,11H,2-3H2,1H3,(H,12,13). The molecule has 2 atom stereocenters. The molecule has 0 aliphatic rings. The molecule has 78 valence electrons. The van der Waals surface area contributed by atoms with Crippen molar-refractivity contribution >= 4 is 5.97 Å². The average Bonchev–Trinajstić information content (AvgIpc) is 1.96. The number of alkyl halides is 3. The molecule has 0 radical (unpaired) electrons. The van der Waals surface area contributed by atoms with Crippen molar-refractivity contribution in [2.75, 3.05) is 0 Å². The quantitative estimate of drug-likeness (QED) is 0.721. The number of carbonyl (C=O) groups is 1. The van der Waals surface area contributed by atoms with Crippen molar-refractivity contribution < 1.29 is 28.2 Å². The van der Waals surface area contributed by atoms with E-state index in [0.717, 1.165) is 0 Å². The summed E-state index contributed by atoms with van der Waals surface area (Å²) in [6.45, 7) is 1.55. The molecule has 0 aromatic carbocycles. The number of carboxylic acid groups (broad SMARTS) is 1. The number of carboxylic acids is 1. The van der Waals surface area contributed by atoms with Crippen molar-refractivity contribution in [2.24, 2.45) is 5.92 Å². The van der Waals surface area contributed by atoms with Gasteiger partial charge >= 0.3 is 12.1 Å². The van der Waals surface area contributed by atoms with E-state index in [4.69, 9.17) is 10.2 Å². The molecule has 0 saturated carbocycles. The van der Waals surface area contributed by atoms with Crippen LogP contribution in [-0.2, 0) is 4.79 Å². The Bertz CT molecular complexity index is 178. The topological polar surface area (TPSA) is 57.5 Å². The molecule has 0 spiro atoms. The second-order valence-corrected chi connectivity index (χ2v) is 2.72. The van der Waals surface area contributed by atoms with Crippen molar-refractivity contribution in [1.29, 1.82) is 0 Å². The zero-order valence-electron chi connectivity index (χ0n) is 7.01. The minimum atomic E-state index is -4.86.